The van der Waals surface area contributed by atoms with Crippen molar-refractivity contribution >= 4 is 46.4 Å². The maximum Gasteiger partial charge on any atom is 0.0641 e. The lowest BCUT2D eigenvalue weighted by Gasteiger charge is -2.35. The highest BCUT2D eigenvalue weighted by Gasteiger charge is 2.25. The van der Waals surface area contributed by atoms with E-state index in [1.165, 1.54) is 27.1 Å². The summed E-state index contributed by atoms with van der Waals surface area (Å²) in [6.07, 6.45) is 0.526. The molecular formula is C21H23Cl2N3. The van der Waals surface area contributed by atoms with E-state index in [0.717, 1.165) is 26.2 Å². The van der Waals surface area contributed by atoms with Crippen LogP contribution >= 0.6 is 24.8 Å². The van der Waals surface area contributed by atoms with Crippen molar-refractivity contribution in [3.63, 3.8) is 0 Å². The Kier molecular flexibility index (Phi) is 7.25. The van der Waals surface area contributed by atoms with Gasteiger partial charge in [0.25, 0.3) is 0 Å². The number of hydrogen-bond donors (Lipinski definition) is 1. The van der Waals surface area contributed by atoms with Gasteiger partial charge in [-0.1, -0.05) is 48.5 Å². The second-order valence-electron chi connectivity index (χ2n) is 6.40. The van der Waals surface area contributed by atoms with Crippen molar-refractivity contribution in [2.75, 3.05) is 26.2 Å². The van der Waals surface area contributed by atoms with E-state index in [1.807, 2.05) is 0 Å². The molecule has 0 aliphatic carbocycles. The first-order valence-corrected chi connectivity index (χ1v) is 8.60. The van der Waals surface area contributed by atoms with E-state index in [9.17, 15) is 5.26 Å². The van der Waals surface area contributed by atoms with Crippen molar-refractivity contribution in [2.45, 2.75) is 12.5 Å². The first-order chi connectivity index (χ1) is 11.9. The van der Waals surface area contributed by atoms with Crippen LogP contribution in [0, 0.1) is 11.3 Å². The third-order valence-corrected chi connectivity index (χ3v) is 5.02. The Bertz CT molecular complexity index is 860. The van der Waals surface area contributed by atoms with Crippen LogP contribution in [0.3, 0.4) is 0 Å². The third-order valence-electron chi connectivity index (χ3n) is 5.02. The van der Waals surface area contributed by atoms with E-state index in [0.29, 0.717) is 6.42 Å². The Labute approximate surface area is 166 Å². The first-order valence-electron chi connectivity index (χ1n) is 8.60. The molecule has 1 aliphatic rings. The van der Waals surface area contributed by atoms with Gasteiger partial charge in [-0.3, -0.25) is 4.90 Å². The van der Waals surface area contributed by atoms with Crippen LogP contribution in [0.1, 0.15) is 18.0 Å². The predicted octanol–water partition coefficient (Wildman–Crippen LogP) is 4.70. The molecule has 1 N–H and O–H groups in total. The lowest BCUT2D eigenvalue weighted by Crippen LogP contribution is -2.45. The minimum atomic E-state index is 0. The molecule has 26 heavy (non-hydrogen) atoms. The standard InChI is InChI=1S/C21H21N3.2ClH/c22-10-9-20(24-13-11-23-12-14-24)21-18-7-3-1-5-16(18)15-17-6-2-4-8-19(17)21;;/h1-8,15,20,23H,9,11-14H2;2*1H/t20-;;/m1../s1. The number of nitriles is 1. The summed E-state index contributed by atoms with van der Waals surface area (Å²) >= 11 is 0. The second-order valence-corrected chi connectivity index (χ2v) is 6.40. The van der Waals surface area contributed by atoms with Gasteiger partial charge in [-0.2, -0.15) is 5.26 Å². The van der Waals surface area contributed by atoms with E-state index >= 15 is 0 Å². The monoisotopic (exact) mass is 387 g/mol. The quantitative estimate of drug-likeness (QED) is 0.662. The zero-order valence-corrected chi connectivity index (χ0v) is 16.2. The Morgan fingerprint density at radius 3 is 2.00 bits per heavy atom. The molecular weight excluding hydrogens is 365 g/mol. The molecule has 1 saturated heterocycles. The number of halogens is 2. The molecule has 0 radical (unpaired) electrons. The predicted molar refractivity (Wildman–Crippen MR) is 113 cm³/mol. The summed E-state index contributed by atoms with van der Waals surface area (Å²) < 4.78 is 0. The zero-order valence-electron chi connectivity index (χ0n) is 14.5. The molecule has 3 aromatic rings. The molecule has 1 aliphatic heterocycles. The fourth-order valence-corrected chi connectivity index (χ4v) is 3.90. The Balaban J connectivity index is 0.00000121. The summed E-state index contributed by atoms with van der Waals surface area (Å²) in [5.74, 6) is 0. The van der Waals surface area contributed by atoms with E-state index in [4.69, 9.17) is 0 Å². The summed E-state index contributed by atoms with van der Waals surface area (Å²) in [6, 6.07) is 22.0. The van der Waals surface area contributed by atoms with Gasteiger partial charge in [-0.25, -0.2) is 0 Å². The van der Waals surface area contributed by atoms with Gasteiger partial charge in [0.2, 0.25) is 0 Å². The fourth-order valence-electron chi connectivity index (χ4n) is 3.90. The van der Waals surface area contributed by atoms with Crippen molar-refractivity contribution < 1.29 is 0 Å². The van der Waals surface area contributed by atoms with Gasteiger partial charge >= 0.3 is 0 Å². The van der Waals surface area contributed by atoms with Crippen LogP contribution in [-0.4, -0.2) is 31.1 Å². The maximum absolute atomic E-state index is 9.48. The molecule has 1 atom stereocenters. The van der Waals surface area contributed by atoms with E-state index in [-0.39, 0.29) is 30.9 Å². The number of nitrogens with one attached hydrogen (secondary N) is 1. The highest BCUT2D eigenvalue weighted by atomic mass is 35.5. The highest BCUT2D eigenvalue weighted by molar-refractivity contribution is 6.02. The van der Waals surface area contributed by atoms with E-state index in [2.05, 4.69) is 70.9 Å². The Hall–Kier alpha value is -1.83. The molecule has 0 bridgehead atoms. The largest absolute Gasteiger partial charge is 0.314 e. The van der Waals surface area contributed by atoms with Gasteiger partial charge in [-0.15, -0.1) is 24.8 Å². The van der Waals surface area contributed by atoms with Gasteiger partial charge < -0.3 is 5.32 Å². The SMILES string of the molecule is Cl.Cl.N#CC[C@H](c1c2ccccc2cc2ccccc12)N1CCNCC1. The number of nitrogens with zero attached hydrogens (tertiary/aromatic N) is 2. The summed E-state index contributed by atoms with van der Waals surface area (Å²) in [7, 11) is 0. The fraction of sp³-hybridized carbons (Fsp3) is 0.286. The van der Waals surface area contributed by atoms with Crippen molar-refractivity contribution in [2.24, 2.45) is 0 Å². The summed E-state index contributed by atoms with van der Waals surface area (Å²) in [5.41, 5.74) is 1.31. The molecule has 5 heteroatoms. The lowest BCUT2D eigenvalue weighted by atomic mass is 9.90. The summed E-state index contributed by atoms with van der Waals surface area (Å²) in [4.78, 5) is 2.47. The molecule has 4 rings (SSSR count). The molecule has 3 nitrogen and oxygen atoms in total. The van der Waals surface area contributed by atoms with Crippen LogP contribution in [0.15, 0.2) is 54.6 Å². The molecule has 0 aromatic heterocycles. The van der Waals surface area contributed by atoms with Crippen molar-refractivity contribution in [3.8, 4) is 6.07 Å². The number of piperazine rings is 1. The molecule has 0 unspecified atom stereocenters. The van der Waals surface area contributed by atoms with Crippen molar-refractivity contribution in [3.05, 3.63) is 60.2 Å². The summed E-state index contributed by atoms with van der Waals surface area (Å²) in [5, 5.41) is 17.9. The van der Waals surface area contributed by atoms with Crippen LogP contribution in [0.5, 0.6) is 0 Å². The molecule has 0 spiro atoms. The average molecular weight is 388 g/mol. The lowest BCUT2D eigenvalue weighted by molar-refractivity contribution is 0.177. The molecule has 3 aromatic carbocycles. The normalized spacial score (nSPS) is 15.7. The van der Waals surface area contributed by atoms with Gasteiger partial charge in [-0.05, 0) is 33.2 Å². The van der Waals surface area contributed by atoms with Crippen LogP contribution < -0.4 is 5.32 Å². The average Bonchev–Trinajstić information content (AvgIpc) is 2.65. The molecule has 0 saturated carbocycles. The van der Waals surface area contributed by atoms with Crippen LogP contribution in [0.4, 0.5) is 0 Å². The van der Waals surface area contributed by atoms with Crippen molar-refractivity contribution in [1.29, 1.82) is 5.26 Å². The van der Waals surface area contributed by atoms with Crippen molar-refractivity contribution in [1.82, 2.24) is 10.2 Å². The van der Waals surface area contributed by atoms with Gasteiger partial charge in [0.15, 0.2) is 0 Å². The van der Waals surface area contributed by atoms with Gasteiger partial charge in [0.1, 0.15) is 0 Å². The Morgan fingerprint density at radius 2 is 1.46 bits per heavy atom. The highest BCUT2D eigenvalue weighted by Crippen LogP contribution is 2.37. The smallest absolute Gasteiger partial charge is 0.0641 e. The first kappa shape index (κ1) is 20.5. The van der Waals surface area contributed by atoms with Crippen LogP contribution in [0.25, 0.3) is 21.5 Å². The van der Waals surface area contributed by atoms with Crippen LogP contribution in [0.2, 0.25) is 0 Å². The minimum absolute atomic E-state index is 0. The topological polar surface area (TPSA) is 39.1 Å². The number of fused-ring (bicyclic) bond motifs is 2. The zero-order chi connectivity index (χ0) is 16.4. The molecule has 136 valence electrons. The van der Waals surface area contributed by atoms with Gasteiger partial charge in [0.05, 0.1) is 12.5 Å². The molecule has 0 amide bonds. The van der Waals surface area contributed by atoms with Gasteiger partial charge in [0, 0.05) is 32.2 Å². The number of benzene rings is 3. The third kappa shape index (κ3) is 3.79. The maximum atomic E-state index is 9.48. The number of hydrogen-bond acceptors (Lipinski definition) is 3. The van der Waals surface area contributed by atoms with E-state index < -0.39 is 0 Å². The van der Waals surface area contributed by atoms with Crippen LogP contribution in [-0.2, 0) is 0 Å². The second kappa shape index (κ2) is 9.21. The number of rotatable bonds is 3. The van der Waals surface area contributed by atoms with E-state index in [1.54, 1.807) is 0 Å². The molecule has 1 fully saturated rings. The minimum Gasteiger partial charge on any atom is -0.314 e. The molecule has 1 heterocycles. The Morgan fingerprint density at radius 1 is 0.923 bits per heavy atom. The summed E-state index contributed by atoms with van der Waals surface area (Å²) in [6.45, 7) is 3.96.